The molecule has 0 amide bonds. The Bertz CT molecular complexity index is 1930. The number of likely N-dealkylation sites (N-methyl/N-ethyl adjacent to an activating group) is 1. The van der Waals surface area contributed by atoms with E-state index in [0.29, 0.717) is 23.9 Å². The van der Waals surface area contributed by atoms with Gasteiger partial charge in [0.1, 0.15) is 13.2 Å². The Kier molecular flexibility index (Phi) is 56.7. The Balaban J connectivity index is 4.34. The lowest BCUT2D eigenvalue weighted by Gasteiger charge is -2.26. The van der Waals surface area contributed by atoms with Gasteiger partial charge in [-0.1, -0.05) is 235 Å². The maximum Gasteiger partial charge on any atom is 0.306 e. The maximum atomic E-state index is 12.9. The molecule has 0 aliphatic carbocycles. The first-order valence-electron chi connectivity index (χ1n) is 31.3. The standard InChI is InChI=1S/C72H113NO8/c1-6-8-10-12-14-16-18-20-22-24-26-28-30-32-34-35-37-39-41-43-45-47-49-51-53-55-57-59-61-63-70(75)81-68(67-80-72(71(76)77)78-65-64-73(3,4)5)66-79-69(74)62-60-58-56-54-52-50-48-46-44-42-40-38-36-33-31-29-27-25-23-21-19-17-15-13-11-9-7-2/h8-11,14-17,20-23,26-29,32-34,36-37,39-40,42-43,45-46,48,68,72H,6-7,12-13,18-19,24-25,30-31,35,38,41,44,47,49-67H2,1-5H3/b10-8-,11-9-,16-14-,17-15-,22-20-,23-21-,28-26-,29-27-,34-32-,36-33-,39-37-,42-40-,45-43-,48-46-. The highest BCUT2D eigenvalue weighted by atomic mass is 16.7. The number of unbranched alkanes of at least 4 members (excludes halogenated alkanes) is 12. The van der Waals surface area contributed by atoms with Gasteiger partial charge in [0.05, 0.1) is 40.3 Å². The molecule has 454 valence electrons. The zero-order chi connectivity index (χ0) is 59.1. The summed E-state index contributed by atoms with van der Waals surface area (Å²) < 4.78 is 22.7. The molecule has 0 saturated heterocycles. The van der Waals surface area contributed by atoms with E-state index in [-0.39, 0.29) is 38.6 Å². The Hall–Kier alpha value is -5.35. The molecule has 0 saturated carbocycles. The molecule has 0 aromatic carbocycles. The van der Waals surface area contributed by atoms with Gasteiger partial charge in [0, 0.05) is 12.8 Å². The summed E-state index contributed by atoms with van der Waals surface area (Å²) in [7, 11) is 5.90. The summed E-state index contributed by atoms with van der Waals surface area (Å²) in [5.41, 5.74) is 0. The molecule has 0 fully saturated rings. The lowest BCUT2D eigenvalue weighted by atomic mass is 10.1. The zero-order valence-corrected chi connectivity index (χ0v) is 51.6. The van der Waals surface area contributed by atoms with Crippen LogP contribution in [0.25, 0.3) is 0 Å². The summed E-state index contributed by atoms with van der Waals surface area (Å²) in [4.78, 5) is 37.4. The molecule has 81 heavy (non-hydrogen) atoms. The minimum atomic E-state index is -1.64. The third-order valence-corrected chi connectivity index (χ3v) is 12.5. The molecule has 0 aliphatic rings. The van der Waals surface area contributed by atoms with Crippen molar-refractivity contribution in [3.63, 3.8) is 0 Å². The van der Waals surface area contributed by atoms with Crippen LogP contribution in [0.3, 0.4) is 0 Å². The van der Waals surface area contributed by atoms with Crippen molar-refractivity contribution in [1.29, 1.82) is 0 Å². The van der Waals surface area contributed by atoms with Crippen LogP contribution in [-0.2, 0) is 33.3 Å². The fourth-order valence-electron chi connectivity index (χ4n) is 7.73. The van der Waals surface area contributed by atoms with Crippen LogP contribution in [0.5, 0.6) is 0 Å². The molecule has 0 bridgehead atoms. The Morgan fingerprint density at radius 3 is 0.988 bits per heavy atom. The van der Waals surface area contributed by atoms with Gasteiger partial charge in [-0.15, -0.1) is 0 Å². The summed E-state index contributed by atoms with van der Waals surface area (Å²) >= 11 is 0. The number of allylic oxidation sites excluding steroid dienone is 28. The molecule has 9 nitrogen and oxygen atoms in total. The highest BCUT2D eigenvalue weighted by molar-refractivity contribution is 5.70. The number of hydrogen-bond acceptors (Lipinski definition) is 8. The molecule has 0 rings (SSSR count). The first-order chi connectivity index (χ1) is 39.6. The molecule has 2 atom stereocenters. The van der Waals surface area contributed by atoms with Crippen molar-refractivity contribution in [3.05, 3.63) is 170 Å². The van der Waals surface area contributed by atoms with Crippen LogP contribution in [0, 0.1) is 0 Å². The van der Waals surface area contributed by atoms with E-state index in [1.165, 1.54) is 12.8 Å². The Morgan fingerprint density at radius 2 is 0.667 bits per heavy atom. The third kappa shape index (κ3) is 62.1. The van der Waals surface area contributed by atoms with Crippen LogP contribution in [0.15, 0.2) is 170 Å². The normalized spacial score (nSPS) is 13.9. The fourth-order valence-corrected chi connectivity index (χ4v) is 7.73. The van der Waals surface area contributed by atoms with Crippen molar-refractivity contribution < 1.29 is 42.9 Å². The van der Waals surface area contributed by atoms with E-state index in [2.05, 4.69) is 184 Å². The average Bonchev–Trinajstić information content (AvgIpc) is 3.44. The second-order valence-electron chi connectivity index (χ2n) is 21.2. The van der Waals surface area contributed by atoms with E-state index in [1.54, 1.807) is 0 Å². The minimum Gasteiger partial charge on any atom is -0.545 e. The van der Waals surface area contributed by atoms with E-state index in [1.807, 2.05) is 21.1 Å². The van der Waals surface area contributed by atoms with E-state index in [4.69, 9.17) is 18.9 Å². The molecule has 0 N–H and O–H groups in total. The van der Waals surface area contributed by atoms with Crippen LogP contribution in [0.2, 0.25) is 0 Å². The van der Waals surface area contributed by atoms with Crippen molar-refractivity contribution in [1.82, 2.24) is 0 Å². The van der Waals surface area contributed by atoms with Crippen LogP contribution in [-0.4, -0.2) is 82.3 Å². The molecule has 0 heterocycles. The number of hydrogen-bond donors (Lipinski definition) is 0. The summed E-state index contributed by atoms with van der Waals surface area (Å²) in [6.45, 7) is 4.45. The molecule has 0 aromatic heterocycles. The molecule has 0 radical (unpaired) electrons. The Morgan fingerprint density at radius 1 is 0.370 bits per heavy atom. The van der Waals surface area contributed by atoms with Crippen molar-refractivity contribution >= 4 is 17.9 Å². The van der Waals surface area contributed by atoms with Gasteiger partial charge in [-0.2, -0.15) is 0 Å². The van der Waals surface area contributed by atoms with Crippen LogP contribution in [0.4, 0.5) is 0 Å². The van der Waals surface area contributed by atoms with Gasteiger partial charge in [0.25, 0.3) is 0 Å². The van der Waals surface area contributed by atoms with E-state index in [0.717, 1.165) is 154 Å². The van der Waals surface area contributed by atoms with E-state index >= 15 is 0 Å². The number of esters is 2. The maximum absolute atomic E-state index is 12.9. The average molecular weight is 1120 g/mol. The number of ether oxygens (including phenoxy) is 4. The third-order valence-electron chi connectivity index (χ3n) is 12.5. The van der Waals surface area contributed by atoms with Gasteiger partial charge in [0.2, 0.25) is 0 Å². The van der Waals surface area contributed by atoms with Gasteiger partial charge in [-0.3, -0.25) is 9.59 Å². The topological polar surface area (TPSA) is 111 Å². The SMILES string of the molecule is CC/C=C\C/C=C\C/C=C\C/C=C\C/C=C\C/C=C\C/C=C\CCCCCCCCCC(=O)OC(COC(=O)CCCCCCC/C=C\C/C=C\C/C=C\C/C=C\C/C=C\C/C=C\C/C=C\CC)COC(OCC[N+](C)(C)C)C(=O)[O-]. The number of carbonyl (C=O) groups is 3. The second-order valence-corrected chi connectivity index (χ2v) is 21.2. The van der Waals surface area contributed by atoms with Gasteiger partial charge in [-0.05, 0) is 128 Å². The summed E-state index contributed by atoms with van der Waals surface area (Å²) in [5.74, 6) is -2.35. The molecular formula is C72H113NO8. The number of rotatable bonds is 55. The summed E-state index contributed by atoms with van der Waals surface area (Å²) in [5, 5.41) is 11.8. The zero-order valence-electron chi connectivity index (χ0n) is 51.6. The molecule has 2 unspecified atom stereocenters. The molecule has 0 spiro atoms. The van der Waals surface area contributed by atoms with E-state index < -0.39 is 24.3 Å². The van der Waals surface area contributed by atoms with Crippen molar-refractivity contribution in [3.8, 4) is 0 Å². The highest BCUT2D eigenvalue weighted by Gasteiger charge is 2.22. The van der Waals surface area contributed by atoms with E-state index in [9.17, 15) is 19.5 Å². The quantitative estimate of drug-likeness (QED) is 0.0195. The molecular weight excluding hydrogens is 1010 g/mol. The van der Waals surface area contributed by atoms with Gasteiger partial charge in [0.15, 0.2) is 12.4 Å². The lowest BCUT2D eigenvalue weighted by molar-refractivity contribution is -0.870. The van der Waals surface area contributed by atoms with Gasteiger partial charge in [-0.25, -0.2) is 0 Å². The largest absolute Gasteiger partial charge is 0.545 e. The van der Waals surface area contributed by atoms with Crippen molar-refractivity contribution in [2.24, 2.45) is 0 Å². The van der Waals surface area contributed by atoms with Gasteiger partial charge >= 0.3 is 11.9 Å². The van der Waals surface area contributed by atoms with Crippen molar-refractivity contribution in [2.45, 2.75) is 219 Å². The first-order valence-corrected chi connectivity index (χ1v) is 31.3. The number of carbonyl (C=O) groups excluding carboxylic acids is 3. The monoisotopic (exact) mass is 1120 g/mol. The molecule has 0 aliphatic heterocycles. The minimum absolute atomic E-state index is 0.131. The van der Waals surface area contributed by atoms with Crippen LogP contribution < -0.4 is 5.11 Å². The molecule has 9 heteroatoms. The summed E-state index contributed by atoms with van der Waals surface area (Å²) in [6.07, 6.45) is 88.3. The lowest BCUT2D eigenvalue weighted by Crippen LogP contribution is -2.44. The van der Waals surface area contributed by atoms with Crippen LogP contribution >= 0.6 is 0 Å². The van der Waals surface area contributed by atoms with Gasteiger partial charge < -0.3 is 33.3 Å². The predicted molar refractivity (Wildman–Crippen MR) is 342 cm³/mol. The molecule has 0 aromatic rings. The number of nitrogens with zero attached hydrogens (tertiary/aromatic N) is 1. The number of aliphatic carboxylic acids is 1. The predicted octanol–water partition coefficient (Wildman–Crippen LogP) is 17.8. The highest BCUT2D eigenvalue weighted by Crippen LogP contribution is 2.13. The smallest absolute Gasteiger partial charge is 0.306 e. The first kappa shape index (κ1) is 75.7. The van der Waals surface area contributed by atoms with Crippen LogP contribution in [0.1, 0.15) is 206 Å². The summed E-state index contributed by atoms with van der Waals surface area (Å²) in [6, 6.07) is 0. The number of quaternary nitrogens is 1. The Labute approximate surface area is 495 Å². The fraction of sp³-hybridized carbons (Fsp3) is 0.569. The number of carboxylic acid groups (broad SMARTS) is 1. The van der Waals surface area contributed by atoms with Crippen molar-refractivity contribution in [2.75, 3.05) is 47.5 Å². The second kappa shape index (κ2) is 60.7. The number of carboxylic acids is 1.